The molecule has 158 valence electrons. The van der Waals surface area contributed by atoms with Crippen molar-refractivity contribution < 1.29 is 18.7 Å². The van der Waals surface area contributed by atoms with E-state index >= 15 is 0 Å². The number of halogens is 1. The first-order valence-corrected chi connectivity index (χ1v) is 9.90. The Labute approximate surface area is 176 Å². The number of piperazine rings is 1. The molecule has 1 fully saturated rings. The van der Waals surface area contributed by atoms with Crippen molar-refractivity contribution in [3.63, 3.8) is 0 Å². The highest BCUT2D eigenvalue weighted by atomic mass is 19.1. The lowest BCUT2D eigenvalue weighted by Gasteiger charge is -2.44. The lowest BCUT2D eigenvalue weighted by Crippen LogP contribution is -2.58. The van der Waals surface area contributed by atoms with Gasteiger partial charge in [-0.25, -0.2) is 4.39 Å². The van der Waals surface area contributed by atoms with Crippen LogP contribution in [0.4, 0.5) is 4.39 Å². The van der Waals surface area contributed by atoms with Crippen molar-refractivity contribution in [2.45, 2.75) is 32.5 Å². The molecule has 0 unspecified atom stereocenters. The molecule has 2 aromatic rings. The van der Waals surface area contributed by atoms with E-state index in [0.717, 1.165) is 12.1 Å². The zero-order valence-corrected chi connectivity index (χ0v) is 17.5. The summed E-state index contributed by atoms with van der Waals surface area (Å²) in [5.74, 6) is 0.518. The quantitative estimate of drug-likeness (QED) is 0.730. The lowest BCUT2D eigenvalue weighted by atomic mass is 10.1. The first-order valence-electron chi connectivity index (χ1n) is 9.90. The van der Waals surface area contributed by atoms with Gasteiger partial charge < -0.3 is 14.4 Å². The van der Waals surface area contributed by atoms with Gasteiger partial charge in [0.15, 0.2) is 18.1 Å². The zero-order chi connectivity index (χ0) is 21.7. The molecule has 7 heteroatoms. The van der Waals surface area contributed by atoms with Crippen LogP contribution < -0.4 is 9.47 Å². The van der Waals surface area contributed by atoms with Gasteiger partial charge in [-0.05, 0) is 43.7 Å². The molecule has 1 saturated heterocycles. The van der Waals surface area contributed by atoms with Crippen LogP contribution in [-0.4, -0.2) is 54.6 Å². The first-order chi connectivity index (χ1) is 14.4. The Kier molecular flexibility index (Phi) is 6.91. The third-order valence-corrected chi connectivity index (χ3v) is 5.38. The smallest absolute Gasteiger partial charge is 0.260 e. The van der Waals surface area contributed by atoms with Crippen LogP contribution >= 0.6 is 0 Å². The van der Waals surface area contributed by atoms with Crippen LogP contribution in [0.3, 0.4) is 0 Å². The number of hydrogen-bond acceptors (Lipinski definition) is 5. The summed E-state index contributed by atoms with van der Waals surface area (Å²) in [5, 5.41) is 8.99. The van der Waals surface area contributed by atoms with E-state index in [0.29, 0.717) is 30.2 Å². The van der Waals surface area contributed by atoms with Crippen molar-refractivity contribution in [3.05, 3.63) is 59.4 Å². The highest BCUT2D eigenvalue weighted by Gasteiger charge is 2.32. The second-order valence-electron chi connectivity index (χ2n) is 7.57. The number of carbonyl (C=O) groups is 1. The normalized spacial score (nSPS) is 19.2. The molecule has 0 aliphatic carbocycles. The van der Waals surface area contributed by atoms with Gasteiger partial charge in [-0.3, -0.25) is 9.69 Å². The molecule has 3 rings (SSSR count). The van der Waals surface area contributed by atoms with Crippen molar-refractivity contribution in [1.29, 1.82) is 5.26 Å². The van der Waals surface area contributed by atoms with E-state index in [1.807, 2.05) is 17.9 Å². The minimum Gasteiger partial charge on any atom is -0.493 e. The number of carbonyl (C=O) groups excluding carboxylic acids is 1. The summed E-state index contributed by atoms with van der Waals surface area (Å²) in [6, 6.07) is 13.6. The van der Waals surface area contributed by atoms with Crippen molar-refractivity contribution in [1.82, 2.24) is 9.80 Å². The molecule has 1 aliphatic rings. The molecule has 0 spiro atoms. The number of benzene rings is 2. The fraction of sp³-hybridized carbons (Fsp3) is 0.391. The third-order valence-electron chi connectivity index (χ3n) is 5.38. The Hall–Kier alpha value is -3.11. The maximum atomic E-state index is 13.1. The molecule has 0 bridgehead atoms. The van der Waals surface area contributed by atoms with E-state index < -0.39 is 0 Å². The van der Waals surface area contributed by atoms with Gasteiger partial charge in [-0.1, -0.05) is 12.1 Å². The van der Waals surface area contributed by atoms with Crippen molar-refractivity contribution in [2.75, 3.05) is 26.8 Å². The van der Waals surface area contributed by atoms with Crippen LogP contribution in [0.5, 0.6) is 11.5 Å². The van der Waals surface area contributed by atoms with Gasteiger partial charge in [0, 0.05) is 37.8 Å². The molecule has 6 nitrogen and oxygen atoms in total. The molecule has 0 aromatic heterocycles. The predicted octanol–water partition coefficient (Wildman–Crippen LogP) is 3.21. The van der Waals surface area contributed by atoms with Crippen molar-refractivity contribution in [2.24, 2.45) is 0 Å². The summed E-state index contributed by atoms with van der Waals surface area (Å²) >= 11 is 0. The van der Waals surface area contributed by atoms with Gasteiger partial charge in [0.2, 0.25) is 0 Å². The van der Waals surface area contributed by atoms with Crippen LogP contribution in [0.15, 0.2) is 42.5 Å². The summed E-state index contributed by atoms with van der Waals surface area (Å²) in [5.41, 5.74) is 1.51. The average molecular weight is 411 g/mol. The molecule has 1 heterocycles. The number of methoxy groups -OCH3 is 1. The first kappa shape index (κ1) is 21.6. The predicted molar refractivity (Wildman–Crippen MR) is 111 cm³/mol. The van der Waals surface area contributed by atoms with Crippen molar-refractivity contribution >= 4 is 5.91 Å². The van der Waals surface area contributed by atoms with Gasteiger partial charge in [0.1, 0.15) is 5.82 Å². The summed E-state index contributed by atoms with van der Waals surface area (Å²) in [7, 11) is 1.50. The molecule has 0 radical (unpaired) electrons. The van der Waals surface area contributed by atoms with E-state index in [1.54, 1.807) is 30.3 Å². The Morgan fingerprint density at radius 3 is 2.53 bits per heavy atom. The number of rotatable bonds is 6. The van der Waals surface area contributed by atoms with Crippen LogP contribution in [-0.2, 0) is 11.3 Å². The Bertz CT molecular complexity index is 926. The highest BCUT2D eigenvalue weighted by molar-refractivity contribution is 5.78. The van der Waals surface area contributed by atoms with Crippen molar-refractivity contribution in [3.8, 4) is 17.6 Å². The summed E-state index contributed by atoms with van der Waals surface area (Å²) in [4.78, 5) is 16.9. The van der Waals surface area contributed by atoms with Gasteiger partial charge >= 0.3 is 0 Å². The van der Waals surface area contributed by atoms with E-state index in [4.69, 9.17) is 14.7 Å². The number of ether oxygens (including phenoxy) is 2. The van der Waals surface area contributed by atoms with E-state index in [1.165, 1.54) is 19.2 Å². The standard InChI is InChI=1S/C23H26FN3O3/c1-16-13-27(17(2)12-26(16)14-18-4-7-20(24)8-5-18)23(28)15-30-21-9-6-19(11-25)10-22(21)29-3/h4-10,16-17H,12-15H2,1-3H3/t16-,17+/m1/s1. The maximum Gasteiger partial charge on any atom is 0.260 e. The summed E-state index contributed by atoms with van der Waals surface area (Å²) in [6.07, 6.45) is 0. The summed E-state index contributed by atoms with van der Waals surface area (Å²) in [6.45, 7) is 6.04. The van der Waals surface area contributed by atoms with E-state index in [2.05, 4.69) is 11.8 Å². The molecular formula is C23H26FN3O3. The monoisotopic (exact) mass is 411 g/mol. The van der Waals surface area contributed by atoms with Crippen LogP contribution in [0.25, 0.3) is 0 Å². The Morgan fingerprint density at radius 2 is 1.87 bits per heavy atom. The molecule has 1 amide bonds. The topological polar surface area (TPSA) is 65.8 Å². The minimum atomic E-state index is -0.241. The molecule has 2 aromatic carbocycles. The third kappa shape index (κ3) is 5.08. The Balaban J connectivity index is 1.58. The summed E-state index contributed by atoms with van der Waals surface area (Å²) < 4.78 is 24.1. The molecule has 0 N–H and O–H groups in total. The van der Waals surface area contributed by atoms with E-state index in [-0.39, 0.29) is 30.4 Å². The van der Waals surface area contributed by atoms with E-state index in [9.17, 15) is 9.18 Å². The van der Waals surface area contributed by atoms with Gasteiger partial charge in [-0.15, -0.1) is 0 Å². The molecule has 1 aliphatic heterocycles. The highest BCUT2D eigenvalue weighted by Crippen LogP contribution is 2.28. The Morgan fingerprint density at radius 1 is 1.13 bits per heavy atom. The van der Waals surface area contributed by atoms with Gasteiger partial charge in [0.25, 0.3) is 5.91 Å². The second kappa shape index (κ2) is 9.59. The fourth-order valence-corrected chi connectivity index (χ4v) is 3.67. The van der Waals surface area contributed by atoms with Crippen LogP contribution in [0.1, 0.15) is 25.0 Å². The number of amides is 1. The molecule has 30 heavy (non-hydrogen) atoms. The molecule has 0 saturated carbocycles. The maximum absolute atomic E-state index is 13.1. The van der Waals surface area contributed by atoms with Gasteiger partial charge in [0.05, 0.1) is 18.7 Å². The van der Waals surface area contributed by atoms with Gasteiger partial charge in [-0.2, -0.15) is 5.26 Å². The number of nitrogens with zero attached hydrogens (tertiary/aromatic N) is 3. The minimum absolute atomic E-state index is 0.0283. The number of hydrogen-bond donors (Lipinski definition) is 0. The van der Waals surface area contributed by atoms with Crippen LogP contribution in [0.2, 0.25) is 0 Å². The van der Waals surface area contributed by atoms with Crippen LogP contribution in [0, 0.1) is 17.1 Å². The SMILES string of the molecule is COc1cc(C#N)ccc1OCC(=O)N1C[C@@H](C)N(Cc2ccc(F)cc2)C[C@@H]1C. The molecule has 2 atom stereocenters. The largest absolute Gasteiger partial charge is 0.493 e. The average Bonchev–Trinajstić information content (AvgIpc) is 2.75. The second-order valence-corrected chi connectivity index (χ2v) is 7.57. The number of nitriles is 1. The fourth-order valence-electron chi connectivity index (χ4n) is 3.67. The molecular weight excluding hydrogens is 385 g/mol. The lowest BCUT2D eigenvalue weighted by molar-refractivity contribution is -0.139. The zero-order valence-electron chi connectivity index (χ0n) is 17.5.